The molecule has 0 aliphatic carbocycles. The minimum absolute atomic E-state index is 0.293. The van der Waals surface area contributed by atoms with Gasteiger partial charge in [0.15, 0.2) is 0 Å². The van der Waals surface area contributed by atoms with Gasteiger partial charge in [0.05, 0.1) is 0 Å². The Hall–Kier alpha value is -0.0226. The third-order valence-corrected chi connectivity index (χ3v) is 14.7. The average Bonchev–Trinajstić information content (AvgIpc) is 3.07. The molecule has 0 rings (SSSR count). The monoisotopic (exact) mass is 918 g/mol. The number of hydrogen-bond acceptors (Lipinski definition) is 5. The molecule has 0 spiro atoms. The minimum atomic E-state index is -2.24. The van der Waals surface area contributed by atoms with Crippen LogP contribution in [0.2, 0.25) is 24.2 Å². The maximum absolute atomic E-state index is 13.0. The van der Waals surface area contributed by atoms with E-state index in [2.05, 4.69) is 57.9 Å². The van der Waals surface area contributed by atoms with Gasteiger partial charge in [-0.15, -0.1) is 0 Å². The van der Waals surface area contributed by atoms with Crippen LogP contribution in [0.15, 0.2) is 24.3 Å². The second-order valence-corrected chi connectivity index (χ2v) is 29.1. The Balaban J connectivity index is 4.39. The molecule has 0 aromatic carbocycles. The van der Waals surface area contributed by atoms with Crippen LogP contribution in [0.5, 0.6) is 0 Å². The van der Waals surface area contributed by atoms with Crippen LogP contribution < -0.4 is 0 Å². The Labute approximate surface area is 326 Å². The van der Waals surface area contributed by atoms with E-state index in [-0.39, 0.29) is 11.9 Å². The quantitative estimate of drug-likeness (QED) is 0.0204. The van der Waals surface area contributed by atoms with E-state index in [0.717, 1.165) is 55.8 Å². The summed E-state index contributed by atoms with van der Waals surface area (Å²) in [6, 6.07) is 0. The summed E-state index contributed by atoms with van der Waals surface area (Å²) in [6.45, 7) is 4.54. The summed E-state index contributed by atoms with van der Waals surface area (Å²) < 4.78 is 19.2. The summed E-state index contributed by atoms with van der Waals surface area (Å²) >= 11 is -3.78. The van der Waals surface area contributed by atoms with Gasteiger partial charge in [-0.1, -0.05) is 90.2 Å². The van der Waals surface area contributed by atoms with Crippen molar-refractivity contribution in [1.29, 1.82) is 0 Å². The third-order valence-electron chi connectivity index (χ3n) is 9.11. The summed E-state index contributed by atoms with van der Waals surface area (Å²) in [7, 11) is 0. The molecule has 0 aromatic heterocycles. The van der Waals surface area contributed by atoms with Gasteiger partial charge in [-0.25, -0.2) is 0 Å². The molecule has 0 bridgehead atoms. The maximum atomic E-state index is 13.0. The standard InChI is InChI=1S/C39H70O5.4CH3.2Sn/c1-4-7-9-11-13-15-17-19-21-23-25-27-29-31-33-35-37(40)43-39(42,6-3)44-38(41)36-34-32-30-28-26-24-22-20-18-16-14-12-10-8-5-2;;;;;;/h19-22H,3-18,23-36H2,1-2H3;4*1H3;;/q-1;;;;;;+1. The van der Waals surface area contributed by atoms with Gasteiger partial charge in [0.1, 0.15) is 0 Å². The number of esters is 2. The predicted molar refractivity (Wildman–Crippen MR) is 219 cm³/mol. The first-order valence-corrected chi connectivity index (χ1v) is 35.9. The van der Waals surface area contributed by atoms with Crippen LogP contribution in [-0.2, 0) is 22.1 Å². The van der Waals surface area contributed by atoms with Crippen molar-refractivity contribution in [2.24, 2.45) is 0 Å². The van der Waals surface area contributed by atoms with Crippen LogP contribution in [0.1, 0.15) is 200 Å². The second kappa shape index (κ2) is 37.3. The molecule has 0 amide bonds. The zero-order valence-electron chi connectivity index (χ0n) is 34.1. The van der Waals surface area contributed by atoms with E-state index in [1.165, 1.54) is 116 Å². The van der Waals surface area contributed by atoms with Crippen molar-refractivity contribution in [1.82, 2.24) is 0 Å². The number of hydrogen-bond donors (Lipinski definition) is 0. The van der Waals surface area contributed by atoms with Crippen LogP contribution >= 0.6 is 0 Å². The van der Waals surface area contributed by atoms with E-state index in [9.17, 15) is 9.59 Å². The molecule has 0 aromatic rings. The van der Waals surface area contributed by atoms with E-state index in [4.69, 9.17) is 12.5 Å². The second-order valence-electron chi connectivity index (χ2n) is 15.0. The zero-order valence-corrected chi connectivity index (χ0v) is 39.8. The van der Waals surface area contributed by atoms with Gasteiger partial charge in [-0.3, -0.25) is 0 Å². The molecule has 0 atom stereocenters. The van der Waals surface area contributed by atoms with Crippen molar-refractivity contribution in [3.63, 3.8) is 0 Å². The Kier molecular flexibility index (Phi) is 37.3. The fraction of sp³-hybridized carbons (Fsp3) is 0.860. The predicted octanol–water partition coefficient (Wildman–Crippen LogP) is 14.2. The summed E-state index contributed by atoms with van der Waals surface area (Å²) in [5.74, 6) is -2.09. The van der Waals surface area contributed by atoms with Gasteiger partial charge in [-0.2, -0.15) is 0 Å². The van der Waals surface area contributed by atoms with Crippen LogP contribution in [0.4, 0.5) is 0 Å². The third kappa shape index (κ3) is 35.0. The van der Waals surface area contributed by atoms with Gasteiger partial charge >= 0.3 is 213 Å². The number of allylic oxidation sites excluding steroid dienone is 4. The normalized spacial score (nSPS) is 13.2. The number of carbonyl (C=O) groups is 2. The van der Waals surface area contributed by atoms with Crippen LogP contribution in [0, 0.1) is 0 Å². The number of ether oxygens (including phenoxy) is 2. The van der Waals surface area contributed by atoms with E-state index in [1.54, 1.807) is 0 Å². The first kappa shape index (κ1) is 50.0. The number of rotatable bonds is 37. The van der Waals surface area contributed by atoms with Gasteiger partial charge in [0.25, 0.3) is 0 Å². The Morgan fingerprint density at radius 3 is 1.12 bits per heavy atom. The molecule has 0 N–H and O–H groups in total. The zero-order chi connectivity index (χ0) is 37.0. The Morgan fingerprint density at radius 1 is 0.480 bits per heavy atom. The van der Waals surface area contributed by atoms with Crippen LogP contribution in [-0.4, -0.2) is 57.8 Å². The molecule has 0 saturated carbocycles. The number of unbranched alkanes of at least 4 members (excludes halogenated alkanes) is 22. The topological polar surface area (TPSA) is 61.8 Å². The molecule has 5 nitrogen and oxygen atoms in total. The summed E-state index contributed by atoms with van der Waals surface area (Å²) in [6.07, 6.45) is 42.3. The SMILES string of the molecule is CCCCCCCCC=CCCCCCCCC(=O)OC(C[CH2][Sn]([CH3])[CH3])(OC(=O)CCCCCCCC=CCCCCCCCC)[O][Sn]([CH3])[CH3]. The average molecular weight is 917 g/mol. The first-order valence-electron chi connectivity index (χ1n) is 21.3. The first-order chi connectivity index (χ1) is 24.2. The molecule has 2 radical (unpaired) electrons. The molecule has 7 heteroatoms. The van der Waals surface area contributed by atoms with Gasteiger partial charge in [0, 0.05) is 0 Å². The Morgan fingerprint density at radius 2 is 0.800 bits per heavy atom. The fourth-order valence-corrected chi connectivity index (χ4v) is 10.7. The molecule has 292 valence electrons. The molecule has 0 heterocycles. The fourth-order valence-electron chi connectivity index (χ4n) is 6.06. The van der Waals surface area contributed by atoms with Crippen molar-refractivity contribution in [2.45, 2.75) is 230 Å². The summed E-state index contributed by atoms with van der Waals surface area (Å²) in [5, 5.41) is 0. The van der Waals surface area contributed by atoms with Gasteiger partial charge < -0.3 is 0 Å². The van der Waals surface area contributed by atoms with Crippen molar-refractivity contribution in [2.75, 3.05) is 0 Å². The summed E-state index contributed by atoms with van der Waals surface area (Å²) in [5.41, 5.74) is 0. The van der Waals surface area contributed by atoms with Crippen molar-refractivity contribution in [3.8, 4) is 0 Å². The van der Waals surface area contributed by atoms with E-state index < -0.39 is 45.9 Å². The molecular weight excluding hydrogens is 834 g/mol. The van der Waals surface area contributed by atoms with Crippen molar-refractivity contribution < 1.29 is 22.1 Å². The molecule has 0 saturated heterocycles. The van der Waals surface area contributed by atoms with Crippen LogP contribution in [0.25, 0.3) is 0 Å². The number of carbonyl (C=O) groups excluding carboxylic acids is 2. The van der Waals surface area contributed by atoms with E-state index in [0.29, 0.717) is 19.3 Å². The molecule has 0 unspecified atom stereocenters. The molecule has 0 fully saturated rings. The van der Waals surface area contributed by atoms with Crippen molar-refractivity contribution >= 4 is 51.9 Å². The van der Waals surface area contributed by atoms with Crippen LogP contribution in [0.3, 0.4) is 0 Å². The molecule has 0 aliphatic rings. The van der Waals surface area contributed by atoms with Gasteiger partial charge in [0.2, 0.25) is 0 Å². The van der Waals surface area contributed by atoms with Crippen molar-refractivity contribution in [3.05, 3.63) is 24.3 Å². The Bertz CT molecular complexity index is 772. The summed E-state index contributed by atoms with van der Waals surface area (Å²) in [4.78, 5) is 34.9. The molecule has 0 aliphatic heterocycles. The van der Waals surface area contributed by atoms with Gasteiger partial charge in [-0.05, 0) is 25.7 Å². The molecular formula is C43H82O5Sn2. The van der Waals surface area contributed by atoms with E-state index in [1.807, 2.05) is 0 Å². The molecule has 50 heavy (non-hydrogen) atoms. The van der Waals surface area contributed by atoms with E-state index >= 15 is 0 Å².